The first-order valence-corrected chi connectivity index (χ1v) is 5.97. The summed E-state index contributed by atoms with van der Waals surface area (Å²) < 4.78 is 0. The maximum absolute atomic E-state index is 11.2. The van der Waals surface area contributed by atoms with Crippen LogP contribution in [-0.2, 0) is 11.2 Å². The Balaban J connectivity index is 2.93. The monoisotopic (exact) mass is 246 g/mol. The van der Waals surface area contributed by atoms with Gasteiger partial charge >= 0.3 is 5.97 Å². The van der Waals surface area contributed by atoms with Crippen molar-refractivity contribution < 1.29 is 14.7 Å². The fraction of sp³-hybridized carbons (Fsp3) is 0.333. The standard InChI is InChI=1S/C15H18O3/c1-3-4-6-13(15(17)18)9-12-7-5-8-14(10-16)11(12)2/h3-5,7-8,10,13H,6,9H2,1-2H3,(H,17,18). The number of carboxylic acid groups (broad SMARTS) is 1. The van der Waals surface area contributed by atoms with Crippen LogP contribution in [0.1, 0.15) is 34.8 Å². The predicted octanol–water partition coefficient (Wildman–Crippen LogP) is 3.02. The number of carbonyl (C=O) groups is 2. The summed E-state index contributed by atoms with van der Waals surface area (Å²) in [6.45, 7) is 3.73. The van der Waals surface area contributed by atoms with Gasteiger partial charge in [-0.05, 0) is 37.8 Å². The van der Waals surface area contributed by atoms with E-state index in [0.717, 1.165) is 17.4 Å². The summed E-state index contributed by atoms with van der Waals surface area (Å²) in [6, 6.07) is 5.42. The molecule has 1 aromatic carbocycles. The summed E-state index contributed by atoms with van der Waals surface area (Å²) in [5, 5.41) is 9.18. The Morgan fingerprint density at radius 3 is 2.72 bits per heavy atom. The van der Waals surface area contributed by atoms with Crippen molar-refractivity contribution in [3.05, 3.63) is 47.0 Å². The van der Waals surface area contributed by atoms with E-state index in [9.17, 15) is 14.7 Å². The van der Waals surface area contributed by atoms with Crippen molar-refractivity contribution in [3.8, 4) is 0 Å². The lowest BCUT2D eigenvalue weighted by Crippen LogP contribution is -2.16. The zero-order chi connectivity index (χ0) is 13.5. The molecule has 1 aromatic rings. The predicted molar refractivity (Wildman–Crippen MR) is 70.8 cm³/mol. The number of hydrogen-bond acceptors (Lipinski definition) is 2. The largest absolute Gasteiger partial charge is 0.481 e. The average molecular weight is 246 g/mol. The van der Waals surface area contributed by atoms with Gasteiger partial charge in [-0.1, -0.05) is 30.4 Å². The SMILES string of the molecule is CC=CCC(Cc1cccc(C=O)c1C)C(=O)O. The molecule has 0 aliphatic heterocycles. The van der Waals surface area contributed by atoms with Crippen LogP contribution in [0.4, 0.5) is 0 Å². The van der Waals surface area contributed by atoms with Crippen LogP contribution in [0.25, 0.3) is 0 Å². The Morgan fingerprint density at radius 2 is 2.17 bits per heavy atom. The molecule has 0 saturated carbocycles. The number of carbonyl (C=O) groups excluding carboxylic acids is 1. The third-order valence-electron chi connectivity index (χ3n) is 3.09. The Morgan fingerprint density at radius 1 is 1.44 bits per heavy atom. The van der Waals surface area contributed by atoms with Crippen LogP contribution in [0.5, 0.6) is 0 Å². The Labute approximate surface area is 107 Å². The fourth-order valence-electron chi connectivity index (χ4n) is 1.89. The van der Waals surface area contributed by atoms with Crippen molar-refractivity contribution >= 4 is 12.3 Å². The molecule has 1 unspecified atom stereocenters. The van der Waals surface area contributed by atoms with Crippen LogP contribution in [0.2, 0.25) is 0 Å². The minimum atomic E-state index is -0.802. The van der Waals surface area contributed by atoms with Gasteiger partial charge in [0.2, 0.25) is 0 Å². The molecule has 1 N–H and O–H groups in total. The van der Waals surface area contributed by atoms with Crippen LogP contribution in [0, 0.1) is 12.8 Å². The van der Waals surface area contributed by atoms with Gasteiger partial charge in [0.25, 0.3) is 0 Å². The van der Waals surface area contributed by atoms with Crippen molar-refractivity contribution in [1.82, 2.24) is 0 Å². The van der Waals surface area contributed by atoms with Gasteiger partial charge in [0, 0.05) is 5.56 Å². The van der Waals surface area contributed by atoms with Crippen LogP contribution < -0.4 is 0 Å². The first-order chi connectivity index (χ1) is 8.60. The van der Waals surface area contributed by atoms with Crippen molar-refractivity contribution in [2.75, 3.05) is 0 Å². The van der Waals surface area contributed by atoms with Gasteiger partial charge in [0.1, 0.15) is 6.29 Å². The molecule has 0 bridgehead atoms. The molecule has 0 spiro atoms. The first kappa shape index (κ1) is 14.2. The molecule has 0 aliphatic carbocycles. The highest BCUT2D eigenvalue weighted by Gasteiger charge is 2.17. The summed E-state index contributed by atoms with van der Waals surface area (Å²) in [5.74, 6) is -1.24. The van der Waals surface area contributed by atoms with E-state index in [2.05, 4.69) is 0 Å². The minimum absolute atomic E-state index is 0.443. The van der Waals surface area contributed by atoms with Crippen LogP contribution >= 0.6 is 0 Å². The fourth-order valence-corrected chi connectivity index (χ4v) is 1.89. The molecular formula is C15H18O3. The maximum atomic E-state index is 11.2. The van der Waals surface area contributed by atoms with E-state index in [1.807, 2.05) is 32.1 Å². The number of aldehydes is 1. The van der Waals surface area contributed by atoms with Gasteiger partial charge in [-0.2, -0.15) is 0 Å². The van der Waals surface area contributed by atoms with Gasteiger partial charge in [-0.3, -0.25) is 9.59 Å². The first-order valence-electron chi connectivity index (χ1n) is 5.97. The molecule has 3 heteroatoms. The van der Waals surface area contributed by atoms with Crippen LogP contribution in [0.3, 0.4) is 0 Å². The Hall–Kier alpha value is -1.90. The molecule has 96 valence electrons. The Bertz CT molecular complexity index is 461. The quantitative estimate of drug-likeness (QED) is 0.620. The second kappa shape index (κ2) is 6.74. The summed E-state index contributed by atoms with van der Waals surface area (Å²) in [4.78, 5) is 22.0. The van der Waals surface area contributed by atoms with E-state index in [1.54, 1.807) is 12.1 Å². The number of carboxylic acids is 1. The highest BCUT2D eigenvalue weighted by Crippen LogP contribution is 2.19. The molecular weight excluding hydrogens is 228 g/mol. The lowest BCUT2D eigenvalue weighted by atomic mass is 9.92. The summed E-state index contributed by atoms with van der Waals surface area (Å²) in [6.07, 6.45) is 5.48. The van der Waals surface area contributed by atoms with Crippen LogP contribution in [-0.4, -0.2) is 17.4 Å². The number of hydrogen-bond donors (Lipinski definition) is 1. The van der Waals surface area contributed by atoms with Gasteiger partial charge in [0.15, 0.2) is 0 Å². The molecule has 18 heavy (non-hydrogen) atoms. The molecule has 0 amide bonds. The van der Waals surface area contributed by atoms with Crippen molar-refractivity contribution in [3.63, 3.8) is 0 Å². The molecule has 0 aliphatic rings. The third kappa shape index (κ3) is 3.55. The van der Waals surface area contributed by atoms with Gasteiger partial charge in [-0.15, -0.1) is 0 Å². The van der Waals surface area contributed by atoms with E-state index in [0.29, 0.717) is 18.4 Å². The van der Waals surface area contributed by atoms with Crippen molar-refractivity contribution in [1.29, 1.82) is 0 Å². The normalized spacial score (nSPS) is 12.6. The molecule has 0 aromatic heterocycles. The minimum Gasteiger partial charge on any atom is -0.481 e. The molecule has 3 nitrogen and oxygen atoms in total. The van der Waals surface area contributed by atoms with Crippen molar-refractivity contribution in [2.24, 2.45) is 5.92 Å². The van der Waals surface area contributed by atoms with E-state index in [4.69, 9.17) is 0 Å². The second-order valence-corrected chi connectivity index (χ2v) is 4.29. The molecule has 0 heterocycles. The number of allylic oxidation sites excluding steroid dienone is 2. The van der Waals surface area contributed by atoms with Gasteiger partial charge in [0.05, 0.1) is 5.92 Å². The van der Waals surface area contributed by atoms with E-state index < -0.39 is 11.9 Å². The van der Waals surface area contributed by atoms with Gasteiger partial charge < -0.3 is 5.11 Å². The average Bonchev–Trinajstić information content (AvgIpc) is 2.36. The van der Waals surface area contributed by atoms with E-state index in [-0.39, 0.29) is 0 Å². The summed E-state index contributed by atoms with van der Waals surface area (Å²) in [7, 11) is 0. The number of benzene rings is 1. The zero-order valence-electron chi connectivity index (χ0n) is 10.7. The number of rotatable bonds is 6. The number of aliphatic carboxylic acids is 1. The summed E-state index contributed by atoms with van der Waals surface area (Å²) in [5.41, 5.74) is 2.43. The smallest absolute Gasteiger partial charge is 0.307 e. The van der Waals surface area contributed by atoms with Crippen LogP contribution in [0.15, 0.2) is 30.4 Å². The van der Waals surface area contributed by atoms with Gasteiger partial charge in [-0.25, -0.2) is 0 Å². The highest BCUT2D eigenvalue weighted by atomic mass is 16.4. The summed E-state index contributed by atoms with van der Waals surface area (Å²) >= 11 is 0. The topological polar surface area (TPSA) is 54.4 Å². The molecule has 1 atom stereocenters. The zero-order valence-corrected chi connectivity index (χ0v) is 10.7. The third-order valence-corrected chi connectivity index (χ3v) is 3.09. The van der Waals surface area contributed by atoms with E-state index in [1.165, 1.54) is 0 Å². The maximum Gasteiger partial charge on any atom is 0.307 e. The Kier molecular flexibility index (Phi) is 5.31. The molecule has 1 rings (SSSR count). The second-order valence-electron chi connectivity index (χ2n) is 4.29. The van der Waals surface area contributed by atoms with E-state index >= 15 is 0 Å². The molecule has 0 radical (unpaired) electrons. The lowest BCUT2D eigenvalue weighted by Gasteiger charge is -2.13. The lowest BCUT2D eigenvalue weighted by molar-refractivity contribution is -0.141. The van der Waals surface area contributed by atoms with Crippen molar-refractivity contribution in [2.45, 2.75) is 26.7 Å². The highest BCUT2D eigenvalue weighted by molar-refractivity contribution is 5.78. The molecule has 0 fully saturated rings. The molecule has 0 saturated heterocycles.